The van der Waals surface area contributed by atoms with Crippen molar-refractivity contribution in [3.05, 3.63) is 0 Å². The Morgan fingerprint density at radius 2 is 1.57 bits per heavy atom. The molecule has 2 rings (SSSR count). The lowest BCUT2D eigenvalue weighted by molar-refractivity contribution is -0.125. The Morgan fingerprint density at radius 3 is 2.05 bits per heavy atom. The fourth-order valence-corrected chi connectivity index (χ4v) is 5.57. The van der Waals surface area contributed by atoms with Gasteiger partial charge in [-0.3, -0.25) is 13.8 Å². The molecule has 0 aromatic rings. The highest BCUT2D eigenvalue weighted by Crippen LogP contribution is 2.59. The van der Waals surface area contributed by atoms with E-state index in [-0.39, 0.29) is 23.5 Å². The molecule has 0 radical (unpaired) electrons. The van der Waals surface area contributed by atoms with Gasteiger partial charge in [0.1, 0.15) is 0 Å². The Bertz CT molecular complexity index is 415. The zero-order valence-corrected chi connectivity index (χ0v) is 14.5. The molecule has 1 aliphatic heterocycles. The first kappa shape index (κ1) is 17.0. The second kappa shape index (κ2) is 6.39. The standard InChI is InChI=1S/C15H28NO4P/c1-12(2)19-21(18,20-13(3)4)16-11-15(10-14(16)17)8-6-5-7-9-15/h12-13H,5-11H2,1-4H3. The zero-order valence-electron chi connectivity index (χ0n) is 13.6. The average Bonchev–Trinajstić information content (AvgIpc) is 2.65. The molecule has 1 heterocycles. The van der Waals surface area contributed by atoms with Crippen LogP contribution in [0.25, 0.3) is 0 Å². The maximum absolute atomic E-state index is 13.1. The predicted molar refractivity (Wildman–Crippen MR) is 81.9 cm³/mol. The minimum absolute atomic E-state index is 0.00826. The van der Waals surface area contributed by atoms with Gasteiger partial charge in [-0.1, -0.05) is 19.3 Å². The summed E-state index contributed by atoms with van der Waals surface area (Å²) in [6.07, 6.45) is 5.62. The van der Waals surface area contributed by atoms with Gasteiger partial charge < -0.3 is 0 Å². The molecule has 0 aromatic heterocycles. The Morgan fingerprint density at radius 1 is 1.05 bits per heavy atom. The van der Waals surface area contributed by atoms with Crippen molar-refractivity contribution < 1.29 is 18.4 Å². The van der Waals surface area contributed by atoms with E-state index in [9.17, 15) is 9.36 Å². The number of carbonyl (C=O) groups excluding carboxylic acids is 1. The van der Waals surface area contributed by atoms with Crippen LogP contribution in [-0.4, -0.2) is 29.3 Å². The van der Waals surface area contributed by atoms with Gasteiger partial charge in [-0.25, -0.2) is 9.24 Å². The van der Waals surface area contributed by atoms with Gasteiger partial charge in [0.25, 0.3) is 0 Å². The van der Waals surface area contributed by atoms with E-state index in [1.54, 1.807) is 0 Å². The molecule has 2 fully saturated rings. The molecule has 6 heteroatoms. The maximum atomic E-state index is 13.1. The van der Waals surface area contributed by atoms with Crippen LogP contribution in [0.1, 0.15) is 66.2 Å². The predicted octanol–water partition coefficient (Wildman–Crippen LogP) is 4.13. The summed E-state index contributed by atoms with van der Waals surface area (Å²) in [6.45, 7) is 7.77. The Kier molecular flexibility index (Phi) is 5.17. The summed E-state index contributed by atoms with van der Waals surface area (Å²) >= 11 is 0. The quantitative estimate of drug-likeness (QED) is 0.716. The van der Waals surface area contributed by atoms with Crippen LogP contribution in [-0.2, 0) is 18.4 Å². The van der Waals surface area contributed by atoms with Crippen molar-refractivity contribution >= 4 is 13.7 Å². The average molecular weight is 317 g/mol. The second-order valence-electron chi connectivity index (χ2n) is 6.97. The fourth-order valence-electron chi connectivity index (χ4n) is 3.41. The Hall–Kier alpha value is -0.380. The van der Waals surface area contributed by atoms with Crippen molar-refractivity contribution in [3.63, 3.8) is 0 Å². The van der Waals surface area contributed by atoms with E-state index in [0.29, 0.717) is 13.0 Å². The van der Waals surface area contributed by atoms with Crippen LogP contribution in [0.4, 0.5) is 0 Å². The molecule has 1 saturated heterocycles. The van der Waals surface area contributed by atoms with Gasteiger partial charge in [0, 0.05) is 13.0 Å². The Balaban J connectivity index is 2.20. The van der Waals surface area contributed by atoms with E-state index in [0.717, 1.165) is 25.7 Å². The van der Waals surface area contributed by atoms with Crippen molar-refractivity contribution in [1.29, 1.82) is 0 Å². The van der Waals surface area contributed by atoms with Crippen molar-refractivity contribution in [1.82, 2.24) is 4.67 Å². The normalized spacial score (nSPS) is 22.8. The summed E-state index contributed by atoms with van der Waals surface area (Å²) in [5.41, 5.74) is -0.00826. The smallest absolute Gasteiger partial charge is 0.289 e. The number of carbonyl (C=O) groups is 1. The molecule has 0 atom stereocenters. The van der Waals surface area contributed by atoms with E-state index in [2.05, 4.69) is 0 Å². The summed E-state index contributed by atoms with van der Waals surface area (Å²) in [6, 6.07) is 0. The molecule has 0 N–H and O–H groups in total. The van der Waals surface area contributed by atoms with Gasteiger partial charge in [0.05, 0.1) is 12.2 Å². The number of hydrogen-bond donors (Lipinski definition) is 0. The number of hydrogen-bond acceptors (Lipinski definition) is 4. The third kappa shape index (κ3) is 3.88. The molecule has 1 amide bonds. The molecule has 1 saturated carbocycles. The van der Waals surface area contributed by atoms with Crippen LogP contribution in [0.5, 0.6) is 0 Å². The summed E-state index contributed by atoms with van der Waals surface area (Å²) < 4.78 is 25.7. The van der Waals surface area contributed by atoms with Crippen LogP contribution in [0.15, 0.2) is 0 Å². The molecule has 0 unspecified atom stereocenters. The fraction of sp³-hybridized carbons (Fsp3) is 0.933. The minimum Gasteiger partial charge on any atom is -0.289 e. The molecular weight excluding hydrogens is 289 g/mol. The van der Waals surface area contributed by atoms with Gasteiger partial charge in [0.15, 0.2) is 0 Å². The first-order valence-corrected chi connectivity index (χ1v) is 9.54. The first-order chi connectivity index (χ1) is 9.76. The zero-order chi connectivity index (χ0) is 15.7. The van der Waals surface area contributed by atoms with Gasteiger partial charge >= 0.3 is 7.75 Å². The van der Waals surface area contributed by atoms with E-state index >= 15 is 0 Å². The SMILES string of the molecule is CC(C)OP(=O)(OC(C)C)N1CC2(CCCCC2)CC1=O. The lowest BCUT2D eigenvalue weighted by Gasteiger charge is -2.34. The molecule has 0 aromatic carbocycles. The van der Waals surface area contributed by atoms with Crippen molar-refractivity contribution in [2.24, 2.45) is 5.41 Å². The lowest BCUT2D eigenvalue weighted by Crippen LogP contribution is -2.30. The second-order valence-corrected chi connectivity index (χ2v) is 8.81. The van der Waals surface area contributed by atoms with E-state index in [1.165, 1.54) is 11.1 Å². The number of amides is 1. The van der Waals surface area contributed by atoms with E-state index < -0.39 is 7.75 Å². The molecule has 21 heavy (non-hydrogen) atoms. The van der Waals surface area contributed by atoms with Crippen LogP contribution < -0.4 is 0 Å². The largest absolute Gasteiger partial charge is 0.438 e. The summed E-state index contributed by atoms with van der Waals surface area (Å²) in [4.78, 5) is 12.5. The van der Waals surface area contributed by atoms with Crippen molar-refractivity contribution in [3.8, 4) is 0 Å². The molecule has 122 valence electrons. The topological polar surface area (TPSA) is 55.8 Å². The highest BCUT2D eigenvalue weighted by molar-refractivity contribution is 7.52. The van der Waals surface area contributed by atoms with Gasteiger partial charge in [-0.2, -0.15) is 0 Å². The molecule has 1 aliphatic carbocycles. The highest BCUT2D eigenvalue weighted by Gasteiger charge is 2.51. The molecular formula is C15H28NO4P. The van der Waals surface area contributed by atoms with Crippen LogP contribution in [0, 0.1) is 5.41 Å². The van der Waals surface area contributed by atoms with Crippen LogP contribution >= 0.6 is 7.75 Å². The van der Waals surface area contributed by atoms with Crippen molar-refractivity contribution in [2.75, 3.05) is 6.54 Å². The van der Waals surface area contributed by atoms with Crippen LogP contribution in [0.2, 0.25) is 0 Å². The highest BCUT2D eigenvalue weighted by atomic mass is 31.2. The number of rotatable bonds is 5. The van der Waals surface area contributed by atoms with Gasteiger partial charge in [-0.15, -0.1) is 0 Å². The summed E-state index contributed by atoms with van der Waals surface area (Å²) in [5.74, 6) is -0.0819. The monoisotopic (exact) mass is 317 g/mol. The summed E-state index contributed by atoms with van der Waals surface area (Å²) in [5, 5.41) is 0. The molecule has 0 bridgehead atoms. The van der Waals surface area contributed by atoms with Crippen molar-refractivity contribution in [2.45, 2.75) is 78.4 Å². The molecule has 2 aliphatic rings. The lowest BCUT2D eigenvalue weighted by atomic mass is 9.73. The summed E-state index contributed by atoms with van der Waals surface area (Å²) in [7, 11) is -3.54. The van der Waals surface area contributed by atoms with Gasteiger partial charge in [0.2, 0.25) is 5.91 Å². The van der Waals surface area contributed by atoms with E-state index in [1.807, 2.05) is 27.7 Å². The van der Waals surface area contributed by atoms with Gasteiger partial charge in [-0.05, 0) is 46.0 Å². The number of nitrogens with zero attached hydrogens (tertiary/aromatic N) is 1. The molecule has 1 spiro atoms. The first-order valence-electron chi connectivity index (χ1n) is 8.04. The van der Waals surface area contributed by atoms with Crippen LogP contribution in [0.3, 0.4) is 0 Å². The third-order valence-corrected chi connectivity index (χ3v) is 6.53. The minimum atomic E-state index is -3.54. The molecule has 5 nitrogen and oxygen atoms in total. The van der Waals surface area contributed by atoms with E-state index in [4.69, 9.17) is 9.05 Å². The Labute approximate surface area is 128 Å². The maximum Gasteiger partial charge on any atom is 0.438 e. The third-order valence-electron chi connectivity index (χ3n) is 4.20.